The second-order valence-corrected chi connectivity index (χ2v) is 10.2. The number of halogens is 3. The molecule has 5 rings (SSSR count). The standard InChI is InChI=1S/C29H33F3O2/c1-2-18-3-5-20(6-4-18)24-13-10-22(28(31)29(24)32)16-33-23-11-7-19(8-12-23)21-9-14-25(26(30)15-21)27-17-34-27/h2,9-10,13-15,18-20,23,27H,1,3-8,11-12,16-17H2. The molecule has 1 saturated heterocycles. The molecular formula is C29H33F3O2. The van der Waals surface area contributed by atoms with Crippen LogP contribution in [0.3, 0.4) is 0 Å². The maximum atomic E-state index is 14.9. The Balaban J connectivity index is 1.14. The van der Waals surface area contributed by atoms with Crippen LogP contribution in [0.5, 0.6) is 0 Å². The number of allylic oxidation sites excluding steroid dienone is 1. The molecule has 2 saturated carbocycles. The van der Waals surface area contributed by atoms with Crippen LogP contribution < -0.4 is 0 Å². The maximum absolute atomic E-state index is 14.9. The summed E-state index contributed by atoms with van der Waals surface area (Å²) in [6.45, 7) is 4.53. The van der Waals surface area contributed by atoms with Crippen molar-refractivity contribution in [1.82, 2.24) is 0 Å². The van der Waals surface area contributed by atoms with Crippen molar-refractivity contribution >= 4 is 0 Å². The highest BCUT2D eigenvalue weighted by Crippen LogP contribution is 2.39. The van der Waals surface area contributed by atoms with Crippen molar-refractivity contribution < 1.29 is 22.6 Å². The van der Waals surface area contributed by atoms with Gasteiger partial charge in [0.05, 0.1) is 19.3 Å². The third-order valence-electron chi connectivity index (χ3n) is 8.06. The van der Waals surface area contributed by atoms with E-state index in [4.69, 9.17) is 9.47 Å². The summed E-state index contributed by atoms with van der Waals surface area (Å²) in [5, 5.41) is 0. The Kier molecular flexibility index (Phi) is 7.12. The number of hydrogen-bond donors (Lipinski definition) is 0. The van der Waals surface area contributed by atoms with Crippen LogP contribution in [0.25, 0.3) is 0 Å². The first-order valence-corrected chi connectivity index (χ1v) is 12.6. The van der Waals surface area contributed by atoms with Crippen LogP contribution in [-0.2, 0) is 16.1 Å². The lowest BCUT2D eigenvalue weighted by Crippen LogP contribution is -2.21. The summed E-state index contributed by atoms with van der Waals surface area (Å²) >= 11 is 0. The highest BCUT2D eigenvalue weighted by Gasteiger charge is 2.30. The van der Waals surface area contributed by atoms with Gasteiger partial charge in [0.2, 0.25) is 0 Å². The van der Waals surface area contributed by atoms with E-state index in [2.05, 4.69) is 6.58 Å². The molecule has 2 nitrogen and oxygen atoms in total. The fraction of sp³-hybridized carbons (Fsp3) is 0.517. The summed E-state index contributed by atoms with van der Waals surface area (Å²) in [6, 6.07) is 8.93. The lowest BCUT2D eigenvalue weighted by Gasteiger charge is -2.29. The fourth-order valence-corrected chi connectivity index (χ4v) is 5.75. The van der Waals surface area contributed by atoms with E-state index < -0.39 is 11.6 Å². The van der Waals surface area contributed by atoms with Gasteiger partial charge in [-0.05, 0) is 86.3 Å². The Morgan fingerprint density at radius 1 is 0.853 bits per heavy atom. The summed E-state index contributed by atoms with van der Waals surface area (Å²) in [5.41, 5.74) is 2.44. The van der Waals surface area contributed by atoms with Crippen LogP contribution in [0.15, 0.2) is 43.0 Å². The molecule has 2 aromatic rings. The van der Waals surface area contributed by atoms with Crippen LogP contribution in [0.2, 0.25) is 0 Å². The van der Waals surface area contributed by atoms with Gasteiger partial charge in [-0.25, -0.2) is 13.2 Å². The molecule has 0 spiro atoms. The molecule has 0 amide bonds. The zero-order valence-corrected chi connectivity index (χ0v) is 19.6. The normalized spacial score (nSPS) is 29.1. The second-order valence-electron chi connectivity index (χ2n) is 10.2. The molecule has 0 radical (unpaired) electrons. The lowest BCUT2D eigenvalue weighted by atomic mass is 9.78. The van der Waals surface area contributed by atoms with E-state index in [0.29, 0.717) is 29.6 Å². The molecule has 0 bridgehead atoms. The highest BCUT2D eigenvalue weighted by atomic mass is 19.2. The number of hydrogen-bond acceptors (Lipinski definition) is 2. The van der Waals surface area contributed by atoms with E-state index in [-0.39, 0.29) is 36.1 Å². The summed E-state index contributed by atoms with van der Waals surface area (Å²) in [7, 11) is 0. The molecule has 2 aliphatic carbocycles. The van der Waals surface area contributed by atoms with Gasteiger partial charge in [-0.1, -0.05) is 30.3 Å². The van der Waals surface area contributed by atoms with Gasteiger partial charge >= 0.3 is 0 Å². The zero-order chi connectivity index (χ0) is 23.7. The summed E-state index contributed by atoms with van der Waals surface area (Å²) in [6.07, 6.45) is 9.05. The van der Waals surface area contributed by atoms with Gasteiger partial charge in [-0.15, -0.1) is 6.58 Å². The minimum Gasteiger partial charge on any atom is -0.373 e. The Labute approximate surface area is 200 Å². The molecule has 1 unspecified atom stereocenters. The first-order chi connectivity index (χ1) is 16.5. The molecule has 1 aliphatic heterocycles. The number of benzene rings is 2. The van der Waals surface area contributed by atoms with Gasteiger partial charge in [0.25, 0.3) is 0 Å². The molecule has 1 heterocycles. The van der Waals surface area contributed by atoms with Gasteiger partial charge in [-0.2, -0.15) is 0 Å². The maximum Gasteiger partial charge on any atom is 0.164 e. The molecule has 0 aromatic heterocycles. The number of ether oxygens (including phenoxy) is 2. The first kappa shape index (κ1) is 23.6. The van der Waals surface area contributed by atoms with E-state index in [0.717, 1.165) is 56.9 Å². The van der Waals surface area contributed by atoms with Crippen LogP contribution in [0.1, 0.15) is 91.6 Å². The van der Waals surface area contributed by atoms with Crippen molar-refractivity contribution in [2.45, 2.75) is 82.0 Å². The van der Waals surface area contributed by atoms with Crippen LogP contribution in [0, 0.1) is 23.4 Å². The fourth-order valence-electron chi connectivity index (χ4n) is 5.75. The van der Waals surface area contributed by atoms with E-state index in [1.165, 1.54) is 0 Å². The van der Waals surface area contributed by atoms with Crippen LogP contribution in [0.4, 0.5) is 13.2 Å². The van der Waals surface area contributed by atoms with Crippen molar-refractivity contribution in [3.8, 4) is 0 Å². The second kappa shape index (κ2) is 10.2. The summed E-state index contributed by atoms with van der Waals surface area (Å²) < 4.78 is 55.2. The molecule has 3 aliphatic rings. The predicted octanol–water partition coefficient (Wildman–Crippen LogP) is 7.88. The molecule has 182 valence electrons. The zero-order valence-electron chi connectivity index (χ0n) is 19.6. The Morgan fingerprint density at radius 2 is 1.53 bits per heavy atom. The molecule has 1 atom stereocenters. The summed E-state index contributed by atoms with van der Waals surface area (Å²) in [4.78, 5) is 0. The predicted molar refractivity (Wildman–Crippen MR) is 126 cm³/mol. The molecule has 3 fully saturated rings. The minimum atomic E-state index is -0.771. The topological polar surface area (TPSA) is 21.8 Å². The quantitative estimate of drug-likeness (QED) is 0.303. The average molecular weight is 471 g/mol. The smallest absolute Gasteiger partial charge is 0.164 e. The van der Waals surface area contributed by atoms with Gasteiger partial charge in [0.15, 0.2) is 11.6 Å². The lowest BCUT2D eigenvalue weighted by molar-refractivity contribution is 0.0118. The van der Waals surface area contributed by atoms with E-state index in [1.54, 1.807) is 18.2 Å². The Morgan fingerprint density at radius 3 is 2.18 bits per heavy atom. The van der Waals surface area contributed by atoms with Gasteiger partial charge in [-0.3, -0.25) is 0 Å². The molecule has 34 heavy (non-hydrogen) atoms. The monoisotopic (exact) mass is 470 g/mol. The molecule has 2 aromatic carbocycles. The number of rotatable bonds is 7. The van der Waals surface area contributed by atoms with Crippen molar-refractivity contribution in [2.24, 2.45) is 5.92 Å². The van der Waals surface area contributed by atoms with Gasteiger partial charge in [0, 0.05) is 11.1 Å². The van der Waals surface area contributed by atoms with E-state index in [9.17, 15) is 13.2 Å². The SMILES string of the molecule is C=CC1CCC(c2ccc(COC3CCC(c4ccc(C5CO5)c(F)c4)CC3)c(F)c2F)CC1. The molecule has 5 heteroatoms. The van der Waals surface area contributed by atoms with Crippen molar-refractivity contribution in [3.63, 3.8) is 0 Å². The highest BCUT2D eigenvalue weighted by molar-refractivity contribution is 5.31. The van der Waals surface area contributed by atoms with Gasteiger partial charge < -0.3 is 9.47 Å². The first-order valence-electron chi connectivity index (χ1n) is 12.6. The minimum absolute atomic E-state index is 0.0107. The van der Waals surface area contributed by atoms with Gasteiger partial charge in [0.1, 0.15) is 11.9 Å². The Hall–Kier alpha value is -2.11. The Bertz CT molecular complexity index is 1020. The third kappa shape index (κ3) is 5.11. The molecular weight excluding hydrogens is 437 g/mol. The van der Waals surface area contributed by atoms with Crippen LogP contribution in [-0.4, -0.2) is 12.7 Å². The summed E-state index contributed by atoms with van der Waals surface area (Å²) in [5.74, 6) is -0.809. The van der Waals surface area contributed by atoms with Crippen molar-refractivity contribution in [3.05, 3.63) is 82.7 Å². The van der Waals surface area contributed by atoms with E-state index in [1.807, 2.05) is 18.2 Å². The van der Waals surface area contributed by atoms with Crippen molar-refractivity contribution in [2.75, 3.05) is 6.61 Å². The third-order valence-corrected chi connectivity index (χ3v) is 8.06. The largest absolute Gasteiger partial charge is 0.373 e. The molecule has 0 N–H and O–H groups in total. The number of epoxide rings is 1. The van der Waals surface area contributed by atoms with Crippen LogP contribution >= 0.6 is 0 Å². The van der Waals surface area contributed by atoms with Crippen molar-refractivity contribution in [1.29, 1.82) is 0 Å². The average Bonchev–Trinajstić information content (AvgIpc) is 3.71. The van der Waals surface area contributed by atoms with E-state index >= 15 is 0 Å².